The summed E-state index contributed by atoms with van der Waals surface area (Å²) in [6, 6.07) is 5.36. The normalized spacial score (nSPS) is 21.3. The third kappa shape index (κ3) is 4.57. The second-order valence-corrected chi connectivity index (χ2v) is 6.46. The molecule has 0 aromatic heterocycles. The molecular formula is C16H23BrFN. The summed E-state index contributed by atoms with van der Waals surface area (Å²) in [7, 11) is 0. The number of hydrogen-bond donors (Lipinski definition) is 0. The second kappa shape index (κ2) is 7.39. The molecule has 1 aliphatic heterocycles. The van der Waals surface area contributed by atoms with Crippen LogP contribution < -0.4 is 0 Å². The Bertz CT molecular complexity index is 408. The molecule has 1 aromatic carbocycles. The zero-order valence-electron chi connectivity index (χ0n) is 11.7. The van der Waals surface area contributed by atoms with Crippen molar-refractivity contribution in [3.05, 3.63) is 34.1 Å². The first-order chi connectivity index (χ1) is 9.19. The molecule has 106 valence electrons. The van der Waals surface area contributed by atoms with Gasteiger partial charge in [-0.2, -0.15) is 0 Å². The average molecular weight is 328 g/mol. The highest BCUT2D eigenvalue weighted by Crippen LogP contribution is 2.24. The molecule has 1 aromatic rings. The Balaban J connectivity index is 1.90. The van der Waals surface area contributed by atoms with Crippen LogP contribution in [0.25, 0.3) is 0 Å². The number of rotatable bonds is 4. The lowest BCUT2D eigenvalue weighted by molar-refractivity contribution is 0.271. The van der Waals surface area contributed by atoms with Crippen LogP contribution in [0.15, 0.2) is 22.7 Å². The predicted molar refractivity (Wildman–Crippen MR) is 81.6 cm³/mol. The number of benzene rings is 1. The van der Waals surface area contributed by atoms with E-state index >= 15 is 0 Å². The first-order valence-corrected chi connectivity index (χ1v) is 8.14. The van der Waals surface area contributed by atoms with Gasteiger partial charge in [0.1, 0.15) is 5.82 Å². The van der Waals surface area contributed by atoms with Crippen molar-refractivity contribution in [1.29, 1.82) is 0 Å². The Morgan fingerprint density at radius 1 is 1.32 bits per heavy atom. The van der Waals surface area contributed by atoms with Gasteiger partial charge in [0, 0.05) is 6.54 Å². The van der Waals surface area contributed by atoms with E-state index in [1.165, 1.54) is 50.8 Å². The minimum atomic E-state index is -0.178. The van der Waals surface area contributed by atoms with Crippen LogP contribution in [0.5, 0.6) is 0 Å². The van der Waals surface area contributed by atoms with E-state index < -0.39 is 0 Å². The van der Waals surface area contributed by atoms with Crippen molar-refractivity contribution in [1.82, 2.24) is 4.90 Å². The summed E-state index contributed by atoms with van der Waals surface area (Å²) in [4.78, 5) is 2.51. The smallest absolute Gasteiger partial charge is 0.137 e. The second-order valence-electron chi connectivity index (χ2n) is 5.61. The summed E-state index contributed by atoms with van der Waals surface area (Å²) in [5.74, 6) is 0.734. The molecule has 1 atom stereocenters. The first-order valence-electron chi connectivity index (χ1n) is 7.35. The summed E-state index contributed by atoms with van der Waals surface area (Å²) in [6.07, 6.45) is 6.66. The van der Waals surface area contributed by atoms with Crippen molar-refractivity contribution >= 4 is 15.9 Å². The van der Waals surface area contributed by atoms with E-state index in [1.54, 1.807) is 6.07 Å². The minimum Gasteiger partial charge on any atom is -0.299 e. The molecule has 2 rings (SSSR count). The highest BCUT2D eigenvalue weighted by Gasteiger charge is 2.16. The Morgan fingerprint density at radius 3 is 2.89 bits per heavy atom. The Labute approximate surface area is 124 Å². The lowest BCUT2D eigenvalue weighted by Crippen LogP contribution is -2.24. The van der Waals surface area contributed by atoms with E-state index in [2.05, 4.69) is 27.8 Å². The molecule has 1 fully saturated rings. The Kier molecular flexibility index (Phi) is 5.83. The van der Waals surface area contributed by atoms with Gasteiger partial charge < -0.3 is 0 Å². The molecule has 1 aliphatic rings. The van der Waals surface area contributed by atoms with Crippen molar-refractivity contribution in [3.63, 3.8) is 0 Å². The molecule has 0 radical (unpaired) electrons. The molecule has 0 aliphatic carbocycles. The van der Waals surface area contributed by atoms with Crippen LogP contribution >= 0.6 is 15.9 Å². The van der Waals surface area contributed by atoms with Crippen molar-refractivity contribution in [2.24, 2.45) is 5.92 Å². The molecule has 0 spiro atoms. The van der Waals surface area contributed by atoms with Gasteiger partial charge in [-0.3, -0.25) is 4.90 Å². The molecule has 0 amide bonds. The standard InChI is InChI=1S/C16H23BrFN/c1-2-4-13-5-3-9-19(10-8-13)12-14-6-7-16(18)15(17)11-14/h6-7,11,13H,2-5,8-10,12H2,1H3. The fourth-order valence-electron chi connectivity index (χ4n) is 2.98. The van der Waals surface area contributed by atoms with Crippen molar-refractivity contribution in [3.8, 4) is 0 Å². The van der Waals surface area contributed by atoms with Gasteiger partial charge >= 0.3 is 0 Å². The number of likely N-dealkylation sites (tertiary alicyclic amines) is 1. The quantitative estimate of drug-likeness (QED) is 0.752. The van der Waals surface area contributed by atoms with Gasteiger partial charge in [0.05, 0.1) is 4.47 Å². The summed E-state index contributed by atoms with van der Waals surface area (Å²) < 4.78 is 13.8. The van der Waals surface area contributed by atoms with E-state index in [4.69, 9.17) is 0 Å². The maximum Gasteiger partial charge on any atom is 0.137 e. The fraction of sp³-hybridized carbons (Fsp3) is 0.625. The summed E-state index contributed by atoms with van der Waals surface area (Å²) in [5, 5.41) is 0. The van der Waals surface area contributed by atoms with Crippen LogP contribution in [0.2, 0.25) is 0 Å². The van der Waals surface area contributed by atoms with Crippen LogP contribution in [0.3, 0.4) is 0 Å². The van der Waals surface area contributed by atoms with E-state index in [9.17, 15) is 4.39 Å². The van der Waals surface area contributed by atoms with Crippen LogP contribution in [0, 0.1) is 11.7 Å². The van der Waals surface area contributed by atoms with Crippen molar-refractivity contribution < 1.29 is 4.39 Å². The van der Waals surface area contributed by atoms with E-state index in [1.807, 2.05) is 12.1 Å². The molecule has 1 saturated heterocycles. The van der Waals surface area contributed by atoms with E-state index in [0.29, 0.717) is 4.47 Å². The van der Waals surface area contributed by atoms with Gasteiger partial charge in [0.2, 0.25) is 0 Å². The minimum absolute atomic E-state index is 0.178. The lowest BCUT2D eigenvalue weighted by Gasteiger charge is -2.20. The summed E-state index contributed by atoms with van der Waals surface area (Å²) in [6.45, 7) is 5.57. The monoisotopic (exact) mass is 327 g/mol. The number of hydrogen-bond acceptors (Lipinski definition) is 1. The maximum atomic E-state index is 13.2. The molecular weight excluding hydrogens is 305 g/mol. The van der Waals surface area contributed by atoms with Crippen LogP contribution in [0.1, 0.15) is 44.6 Å². The molecule has 1 heterocycles. The third-order valence-corrected chi connectivity index (χ3v) is 4.64. The van der Waals surface area contributed by atoms with Gasteiger partial charge in [-0.1, -0.05) is 25.8 Å². The molecule has 0 N–H and O–H groups in total. The highest BCUT2D eigenvalue weighted by atomic mass is 79.9. The van der Waals surface area contributed by atoms with Crippen LogP contribution in [0.4, 0.5) is 4.39 Å². The molecule has 19 heavy (non-hydrogen) atoms. The van der Waals surface area contributed by atoms with Crippen molar-refractivity contribution in [2.75, 3.05) is 13.1 Å². The van der Waals surface area contributed by atoms with Crippen LogP contribution in [-0.4, -0.2) is 18.0 Å². The molecule has 3 heteroatoms. The van der Waals surface area contributed by atoms with Crippen LogP contribution in [-0.2, 0) is 6.54 Å². The molecule has 0 bridgehead atoms. The number of halogens is 2. The van der Waals surface area contributed by atoms with Gasteiger partial charge in [-0.05, 0) is 71.9 Å². The molecule has 1 unspecified atom stereocenters. The molecule has 0 saturated carbocycles. The van der Waals surface area contributed by atoms with Gasteiger partial charge in [0.15, 0.2) is 0 Å². The lowest BCUT2D eigenvalue weighted by atomic mass is 9.96. The van der Waals surface area contributed by atoms with E-state index in [0.717, 1.165) is 12.5 Å². The zero-order chi connectivity index (χ0) is 13.7. The fourth-order valence-corrected chi connectivity index (χ4v) is 3.40. The Hall–Kier alpha value is -0.410. The maximum absolute atomic E-state index is 13.2. The third-order valence-electron chi connectivity index (χ3n) is 4.03. The van der Waals surface area contributed by atoms with Crippen molar-refractivity contribution in [2.45, 2.75) is 45.6 Å². The highest BCUT2D eigenvalue weighted by molar-refractivity contribution is 9.10. The topological polar surface area (TPSA) is 3.24 Å². The van der Waals surface area contributed by atoms with E-state index in [-0.39, 0.29) is 5.82 Å². The zero-order valence-corrected chi connectivity index (χ0v) is 13.3. The van der Waals surface area contributed by atoms with Gasteiger partial charge in [-0.15, -0.1) is 0 Å². The molecule has 1 nitrogen and oxygen atoms in total. The first kappa shape index (κ1) is 15.0. The Morgan fingerprint density at radius 2 is 2.16 bits per heavy atom. The predicted octanol–water partition coefficient (Wildman–Crippen LogP) is 4.99. The van der Waals surface area contributed by atoms with Gasteiger partial charge in [-0.25, -0.2) is 4.39 Å². The summed E-state index contributed by atoms with van der Waals surface area (Å²) in [5.41, 5.74) is 1.20. The SMILES string of the molecule is CCCC1CCCN(Cc2ccc(F)c(Br)c2)CC1. The van der Waals surface area contributed by atoms with Gasteiger partial charge in [0.25, 0.3) is 0 Å². The largest absolute Gasteiger partial charge is 0.299 e. The number of nitrogens with zero attached hydrogens (tertiary/aromatic N) is 1. The average Bonchev–Trinajstić information content (AvgIpc) is 2.60. The summed E-state index contributed by atoms with van der Waals surface area (Å²) >= 11 is 3.26.